The number of Topliss-reactive ketones (excluding diaryl/α,β-unsaturated/α-hetero) is 1. The maximum absolute atomic E-state index is 12.3. The lowest BCUT2D eigenvalue weighted by Crippen LogP contribution is -2.32. The fourth-order valence-electron chi connectivity index (χ4n) is 3.18. The first kappa shape index (κ1) is 11.6. The molecule has 2 aliphatic rings. The monoisotopic (exact) mass is 218 g/mol. The number of fused-ring (bicyclic) bond motifs is 1. The van der Waals surface area contributed by atoms with Gasteiger partial charge in [-0.1, -0.05) is 31.6 Å². The van der Waals surface area contributed by atoms with E-state index in [1.54, 1.807) is 0 Å². The summed E-state index contributed by atoms with van der Waals surface area (Å²) in [7, 11) is 0. The Bertz CT molecular complexity index is 384. The second kappa shape index (κ2) is 3.58. The van der Waals surface area contributed by atoms with E-state index >= 15 is 0 Å². The van der Waals surface area contributed by atoms with Gasteiger partial charge in [0.05, 0.1) is 0 Å². The van der Waals surface area contributed by atoms with Gasteiger partial charge in [0.15, 0.2) is 5.78 Å². The summed E-state index contributed by atoms with van der Waals surface area (Å²) in [5, 5.41) is 0. The smallest absolute Gasteiger partial charge is 0.159 e. The first-order valence-electron chi connectivity index (χ1n) is 6.25. The van der Waals surface area contributed by atoms with Crippen LogP contribution < -0.4 is 0 Å². The van der Waals surface area contributed by atoms with Crippen LogP contribution in [0.1, 0.15) is 53.4 Å². The van der Waals surface area contributed by atoms with E-state index in [9.17, 15) is 4.79 Å². The lowest BCUT2D eigenvalue weighted by molar-refractivity contribution is -0.117. The van der Waals surface area contributed by atoms with Gasteiger partial charge in [-0.25, -0.2) is 0 Å². The van der Waals surface area contributed by atoms with Crippen LogP contribution in [0, 0.1) is 10.8 Å². The van der Waals surface area contributed by atoms with Gasteiger partial charge in [-0.2, -0.15) is 0 Å². The molecule has 0 bridgehead atoms. The lowest BCUT2D eigenvalue weighted by atomic mass is 9.65. The quantitative estimate of drug-likeness (QED) is 0.443. The van der Waals surface area contributed by atoms with E-state index in [1.165, 1.54) is 5.57 Å². The molecule has 2 atom stereocenters. The average molecular weight is 218 g/mol. The highest BCUT2D eigenvalue weighted by Crippen LogP contribution is 2.55. The Kier molecular flexibility index (Phi) is 2.60. The Hall–Kier alpha value is -0.850. The summed E-state index contributed by atoms with van der Waals surface area (Å²) < 4.78 is 0. The first-order valence-corrected chi connectivity index (χ1v) is 6.25. The second-order valence-corrected chi connectivity index (χ2v) is 6.16. The molecule has 2 aliphatic carbocycles. The van der Waals surface area contributed by atoms with Gasteiger partial charge in [-0.05, 0) is 49.5 Å². The normalized spacial score (nSPS) is 38.5. The molecular weight excluding hydrogens is 196 g/mol. The second-order valence-electron chi connectivity index (χ2n) is 6.16. The predicted octanol–water partition coefficient (Wildman–Crippen LogP) is 4.05. The van der Waals surface area contributed by atoms with Gasteiger partial charge in [0.25, 0.3) is 0 Å². The zero-order valence-electron chi connectivity index (χ0n) is 10.9. The highest BCUT2D eigenvalue weighted by molar-refractivity contribution is 5.97. The third kappa shape index (κ3) is 1.57. The zero-order chi connectivity index (χ0) is 12.0. The number of ketones is 1. The molecule has 0 unspecified atom stereocenters. The molecule has 16 heavy (non-hydrogen) atoms. The zero-order valence-corrected chi connectivity index (χ0v) is 10.9. The minimum absolute atomic E-state index is 0.0846. The molecule has 0 heterocycles. The van der Waals surface area contributed by atoms with Gasteiger partial charge in [-0.3, -0.25) is 4.79 Å². The molecule has 0 aromatic heterocycles. The van der Waals surface area contributed by atoms with Crippen LogP contribution >= 0.6 is 0 Å². The predicted molar refractivity (Wildman–Crippen MR) is 67.2 cm³/mol. The molecule has 0 saturated heterocycles. The van der Waals surface area contributed by atoms with Crippen molar-refractivity contribution in [3.8, 4) is 0 Å². The summed E-state index contributed by atoms with van der Waals surface area (Å²) in [4.78, 5) is 12.3. The average Bonchev–Trinajstić information content (AvgIpc) is 2.37. The molecule has 1 nitrogen and oxygen atoms in total. The van der Waals surface area contributed by atoms with Crippen molar-refractivity contribution >= 4 is 5.78 Å². The minimum atomic E-state index is 0.0846. The van der Waals surface area contributed by atoms with Crippen LogP contribution in [-0.2, 0) is 4.79 Å². The van der Waals surface area contributed by atoms with Gasteiger partial charge >= 0.3 is 0 Å². The van der Waals surface area contributed by atoms with Crippen molar-refractivity contribution in [2.75, 3.05) is 0 Å². The molecule has 1 heteroatoms. The molecule has 0 N–H and O–H groups in total. The van der Waals surface area contributed by atoms with Gasteiger partial charge in [-0.15, -0.1) is 0 Å². The van der Waals surface area contributed by atoms with Crippen molar-refractivity contribution < 1.29 is 4.79 Å². The van der Waals surface area contributed by atoms with Crippen molar-refractivity contribution in [1.82, 2.24) is 0 Å². The van der Waals surface area contributed by atoms with Gasteiger partial charge < -0.3 is 0 Å². The van der Waals surface area contributed by atoms with Crippen molar-refractivity contribution in [2.45, 2.75) is 53.4 Å². The summed E-state index contributed by atoms with van der Waals surface area (Å²) in [6.07, 6.45) is 8.48. The van der Waals surface area contributed by atoms with Crippen molar-refractivity contribution in [1.29, 1.82) is 0 Å². The molecule has 0 spiro atoms. The third-order valence-corrected chi connectivity index (χ3v) is 4.83. The van der Waals surface area contributed by atoms with E-state index in [4.69, 9.17) is 0 Å². The summed E-state index contributed by atoms with van der Waals surface area (Å²) in [5.74, 6) is 0.373. The molecule has 1 fully saturated rings. The van der Waals surface area contributed by atoms with E-state index < -0.39 is 0 Å². The highest BCUT2D eigenvalue weighted by atomic mass is 16.1. The fraction of sp³-hybridized carbons (Fsp3) is 0.667. The van der Waals surface area contributed by atoms with E-state index in [0.29, 0.717) is 17.6 Å². The first-order chi connectivity index (χ1) is 7.38. The van der Waals surface area contributed by atoms with Gasteiger partial charge in [0, 0.05) is 6.42 Å². The standard InChI is InChI=1S/C15H22O/c1-11(2)12-6-9-14(3)7-5-8-15(14,4)10-13(12)16/h5,8H,6-7,9-10H2,1-4H3/t14-,15+/m0/s1. The van der Waals surface area contributed by atoms with Gasteiger partial charge in [0.2, 0.25) is 0 Å². The fourth-order valence-corrected chi connectivity index (χ4v) is 3.18. The van der Waals surface area contributed by atoms with Crippen LogP contribution in [0.15, 0.2) is 23.3 Å². The van der Waals surface area contributed by atoms with Crippen molar-refractivity contribution in [3.63, 3.8) is 0 Å². The Labute approximate surface area is 98.6 Å². The maximum Gasteiger partial charge on any atom is 0.159 e. The Morgan fingerprint density at radius 3 is 2.62 bits per heavy atom. The van der Waals surface area contributed by atoms with Crippen LogP contribution in [0.3, 0.4) is 0 Å². The molecule has 0 aliphatic heterocycles. The molecule has 1 saturated carbocycles. The van der Waals surface area contributed by atoms with Crippen LogP contribution in [0.5, 0.6) is 0 Å². The lowest BCUT2D eigenvalue weighted by Gasteiger charge is -2.39. The van der Waals surface area contributed by atoms with Crippen LogP contribution in [0.2, 0.25) is 0 Å². The Morgan fingerprint density at radius 1 is 1.31 bits per heavy atom. The topological polar surface area (TPSA) is 17.1 Å². The summed E-state index contributed by atoms with van der Waals surface area (Å²) in [6, 6.07) is 0. The van der Waals surface area contributed by atoms with E-state index in [2.05, 4.69) is 39.8 Å². The number of carbonyl (C=O) groups is 1. The minimum Gasteiger partial charge on any atom is -0.295 e. The molecule has 0 aromatic carbocycles. The van der Waals surface area contributed by atoms with Crippen molar-refractivity contribution in [2.24, 2.45) is 10.8 Å². The third-order valence-electron chi connectivity index (χ3n) is 4.83. The van der Waals surface area contributed by atoms with Crippen LogP contribution in [-0.4, -0.2) is 5.78 Å². The number of allylic oxidation sites excluding steroid dienone is 4. The molecule has 0 amide bonds. The molecule has 0 aromatic rings. The Morgan fingerprint density at radius 2 is 2.00 bits per heavy atom. The number of rotatable bonds is 0. The molecule has 0 radical (unpaired) electrons. The van der Waals surface area contributed by atoms with Crippen molar-refractivity contribution in [3.05, 3.63) is 23.3 Å². The van der Waals surface area contributed by atoms with Gasteiger partial charge in [0.1, 0.15) is 0 Å². The van der Waals surface area contributed by atoms with E-state index in [-0.39, 0.29) is 5.41 Å². The number of carbonyl (C=O) groups excluding carboxylic acids is 1. The summed E-state index contributed by atoms with van der Waals surface area (Å²) >= 11 is 0. The van der Waals surface area contributed by atoms with Crippen LogP contribution in [0.4, 0.5) is 0 Å². The molecule has 2 rings (SSSR count). The van der Waals surface area contributed by atoms with E-state index in [1.807, 2.05) is 0 Å². The largest absolute Gasteiger partial charge is 0.295 e. The highest BCUT2D eigenvalue weighted by Gasteiger charge is 2.48. The SMILES string of the molecule is CC(C)=C1CC[C@]2(C)CC=C[C@]2(C)CC1=O. The summed E-state index contributed by atoms with van der Waals surface area (Å²) in [5.41, 5.74) is 2.67. The molecule has 88 valence electrons. The number of hydrogen-bond acceptors (Lipinski definition) is 1. The Balaban J connectivity index is 2.39. The van der Waals surface area contributed by atoms with Crippen LogP contribution in [0.25, 0.3) is 0 Å². The molecular formula is C15H22O. The number of hydrogen-bond donors (Lipinski definition) is 0. The van der Waals surface area contributed by atoms with E-state index in [0.717, 1.165) is 24.8 Å². The summed E-state index contributed by atoms with van der Waals surface area (Å²) in [6.45, 7) is 8.72. The maximum atomic E-state index is 12.3.